The molecular weight excluding hydrogens is 246 g/mol. The molecule has 1 aromatic heterocycles. The second kappa shape index (κ2) is 5.06. The number of pyridine rings is 1. The van der Waals surface area contributed by atoms with Crippen molar-refractivity contribution in [2.45, 2.75) is 20.0 Å². The van der Waals surface area contributed by atoms with Crippen LogP contribution < -0.4 is 0 Å². The molecule has 0 saturated carbocycles. The van der Waals surface area contributed by atoms with Gasteiger partial charge in [-0.2, -0.15) is 0 Å². The number of fused-ring (bicyclic) bond motifs is 1. The number of aliphatic hydroxyl groups excluding tert-OH is 1. The summed E-state index contributed by atoms with van der Waals surface area (Å²) in [5, 5.41) is 12.9. The Morgan fingerprint density at radius 1 is 0.950 bits per heavy atom. The standard InChI is InChI=1S/C18H17NO/c1-12-5-3-6-13(2)17(12)18(20)15-8-4-7-14-9-10-19-11-16(14)15/h3-11,18,20H,1-2H3. The number of aliphatic hydroxyl groups is 1. The van der Waals surface area contributed by atoms with Crippen LogP contribution in [0.3, 0.4) is 0 Å². The van der Waals surface area contributed by atoms with Crippen LogP contribution in [0.15, 0.2) is 54.9 Å². The highest BCUT2D eigenvalue weighted by molar-refractivity contribution is 5.85. The Balaban J connectivity index is 2.21. The van der Waals surface area contributed by atoms with Gasteiger partial charge in [0.15, 0.2) is 0 Å². The molecule has 0 radical (unpaired) electrons. The molecule has 2 aromatic carbocycles. The van der Waals surface area contributed by atoms with Crippen LogP contribution in [-0.2, 0) is 0 Å². The second-order valence-electron chi connectivity index (χ2n) is 5.15. The molecule has 20 heavy (non-hydrogen) atoms. The molecular formula is C18H17NO. The van der Waals surface area contributed by atoms with Crippen molar-refractivity contribution in [1.29, 1.82) is 0 Å². The minimum Gasteiger partial charge on any atom is -0.384 e. The first kappa shape index (κ1) is 12.8. The lowest BCUT2D eigenvalue weighted by Gasteiger charge is -2.18. The van der Waals surface area contributed by atoms with Gasteiger partial charge in [-0.3, -0.25) is 4.98 Å². The zero-order valence-electron chi connectivity index (χ0n) is 11.7. The number of hydrogen-bond acceptors (Lipinski definition) is 2. The van der Waals surface area contributed by atoms with E-state index < -0.39 is 6.10 Å². The lowest BCUT2D eigenvalue weighted by atomic mass is 9.91. The third-order valence-corrected chi connectivity index (χ3v) is 3.83. The van der Waals surface area contributed by atoms with Gasteiger partial charge in [-0.25, -0.2) is 0 Å². The maximum atomic E-state index is 10.8. The van der Waals surface area contributed by atoms with E-state index in [0.29, 0.717) is 0 Å². The first-order chi connectivity index (χ1) is 9.68. The molecule has 0 amide bonds. The molecule has 1 N–H and O–H groups in total. The molecule has 0 fully saturated rings. The minimum atomic E-state index is -0.621. The molecule has 0 saturated heterocycles. The van der Waals surface area contributed by atoms with E-state index in [2.05, 4.69) is 4.98 Å². The quantitative estimate of drug-likeness (QED) is 0.760. The maximum absolute atomic E-state index is 10.8. The van der Waals surface area contributed by atoms with Crippen LogP contribution in [0.2, 0.25) is 0 Å². The van der Waals surface area contributed by atoms with E-state index in [1.165, 1.54) is 0 Å². The van der Waals surface area contributed by atoms with Crippen LogP contribution in [0.5, 0.6) is 0 Å². The first-order valence-electron chi connectivity index (χ1n) is 6.75. The molecule has 2 heteroatoms. The third-order valence-electron chi connectivity index (χ3n) is 3.83. The second-order valence-corrected chi connectivity index (χ2v) is 5.15. The van der Waals surface area contributed by atoms with Crippen LogP contribution in [0.25, 0.3) is 10.8 Å². The molecule has 2 nitrogen and oxygen atoms in total. The largest absolute Gasteiger partial charge is 0.384 e. The smallest absolute Gasteiger partial charge is 0.105 e. The van der Waals surface area contributed by atoms with E-state index in [4.69, 9.17) is 0 Å². The zero-order chi connectivity index (χ0) is 14.1. The summed E-state index contributed by atoms with van der Waals surface area (Å²) in [6.07, 6.45) is 2.98. The van der Waals surface area contributed by atoms with Gasteiger partial charge < -0.3 is 5.11 Å². The summed E-state index contributed by atoms with van der Waals surface area (Å²) >= 11 is 0. The molecule has 0 aliphatic rings. The lowest BCUT2D eigenvalue weighted by molar-refractivity contribution is 0.220. The van der Waals surface area contributed by atoms with Crippen LogP contribution in [0.1, 0.15) is 28.4 Å². The normalized spacial score (nSPS) is 12.6. The number of aryl methyl sites for hydroxylation is 2. The fourth-order valence-electron chi connectivity index (χ4n) is 2.79. The van der Waals surface area contributed by atoms with Crippen molar-refractivity contribution < 1.29 is 5.11 Å². The van der Waals surface area contributed by atoms with Gasteiger partial charge in [-0.05, 0) is 47.6 Å². The van der Waals surface area contributed by atoms with E-state index in [9.17, 15) is 5.11 Å². The first-order valence-corrected chi connectivity index (χ1v) is 6.75. The molecule has 1 heterocycles. The molecule has 3 aromatic rings. The third kappa shape index (κ3) is 2.08. The highest BCUT2D eigenvalue weighted by atomic mass is 16.3. The van der Waals surface area contributed by atoms with Crippen molar-refractivity contribution in [2.24, 2.45) is 0 Å². The van der Waals surface area contributed by atoms with Crippen LogP contribution in [0, 0.1) is 13.8 Å². The van der Waals surface area contributed by atoms with Crippen LogP contribution >= 0.6 is 0 Å². The predicted octanol–water partition coefficient (Wildman–Crippen LogP) is 3.93. The molecule has 1 unspecified atom stereocenters. The van der Waals surface area contributed by atoms with E-state index in [1.807, 2.05) is 62.5 Å². The van der Waals surface area contributed by atoms with Gasteiger partial charge in [0.05, 0.1) is 0 Å². The highest BCUT2D eigenvalue weighted by Gasteiger charge is 2.17. The average Bonchev–Trinajstić information content (AvgIpc) is 2.46. The van der Waals surface area contributed by atoms with E-state index in [1.54, 1.807) is 6.20 Å². The van der Waals surface area contributed by atoms with Gasteiger partial charge in [0.25, 0.3) is 0 Å². The topological polar surface area (TPSA) is 33.1 Å². The van der Waals surface area contributed by atoms with Gasteiger partial charge in [0.2, 0.25) is 0 Å². The van der Waals surface area contributed by atoms with Crippen molar-refractivity contribution in [3.63, 3.8) is 0 Å². The van der Waals surface area contributed by atoms with Gasteiger partial charge >= 0.3 is 0 Å². The summed E-state index contributed by atoms with van der Waals surface area (Å²) in [6.45, 7) is 4.07. The van der Waals surface area contributed by atoms with Crippen molar-refractivity contribution in [1.82, 2.24) is 4.98 Å². The molecule has 100 valence electrons. The Hall–Kier alpha value is -2.19. The van der Waals surface area contributed by atoms with Gasteiger partial charge in [0.1, 0.15) is 6.10 Å². The molecule has 1 atom stereocenters. The van der Waals surface area contributed by atoms with Gasteiger partial charge in [-0.1, -0.05) is 36.4 Å². The van der Waals surface area contributed by atoms with Crippen molar-refractivity contribution in [3.05, 3.63) is 77.1 Å². The molecule has 3 rings (SSSR count). The minimum absolute atomic E-state index is 0.621. The monoisotopic (exact) mass is 263 g/mol. The molecule has 0 spiro atoms. The summed E-state index contributed by atoms with van der Waals surface area (Å²) in [5.74, 6) is 0. The Bertz CT molecular complexity index is 739. The van der Waals surface area contributed by atoms with Crippen molar-refractivity contribution in [2.75, 3.05) is 0 Å². The number of rotatable bonds is 2. The number of hydrogen-bond donors (Lipinski definition) is 1. The Morgan fingerprint density at radius 3 is 2.40 bits per heavy atom. The number of nitrogens with zero attached hydrogens (tertiary/aromatic N) is 1. The summed E-state index contributed by atoms with van der Waals surface area (Å²) in [5.41, 5.74) is 4.12. The summed E-state index contributed by atoms with van der Waals surface area (Å²) in [7, 11) is 0. The Morgan fingerprint density at radius 2 is 1.65 bits per heavy atom. The average molecular weight is 263 g/mol. The van der Waals surface area contributed by atoms with Crippen molar-refractivity contribution in [3.8, 4) is 0 Å². The maximum Gasteiger partial charge on any atom is 0.105 e. The van der Waals surface area contributed by atoms with Crippen LogP contribution in [0.4, 0.5) is 0 Å². The Kier molecular flexibility index (Phi) is 3.25. The van der Waals surface area contributed by atoms with E-state index >= 15 is 0 Å². The van der Waals surface area contributed by atoms with E-state index in [0.717, 1.165) is 33.0 Å². The number of benzene rings is 2. The summed E-state index contributed by atoms with van der Waals surface area (Å²) < 4.78 is 0. The molecule has 0 bridgehead atoms. The zero-order valence-corrected chi connectivity index (χ0v) is 11.7. The van der Waals surface area contributed by atoms with Gasteiger partial charge in [0, 0.05) is 17.8 Å². The lowest BCUT2D eigenvalue weighted by Crippen LogP contribution is -2.05. The molecule has 0 aliphatic heterocycles. The van der Waals surface area contributed by atoms with E-state index in [-0.39, 0.29) is 0 Å². The summed E-state index contributed by atoms with van der Waals surface area (Å²) in [6, 6.07) is 14.1. The fraction of sp³-hybridized carbons (Fsp3) is 0.167. The van der Waals surface area contributed by atoms with Crippen LogP contribution in [-0.4, -0.2) is 10.1 Å². The fourth-order valence-corrected chi connectivity index (χ4v) is 2.79. The van der Waals surface area contributed by atoms with Crippen molar-refractivity contribution >= 4 is 10.8 Å². The Labute approximate surface area is 118 Å². The highest BCUT2D eigenvalue weighted by Crippen LogP contribution is 2.31. The van der Waals surface area contributed by atoms with Gasteiger partial charge in [-0.15, -0.1) is 0 Å². The number of aromatic nitrogens is 1. The summed E-state index contributed by atoms with van der Waals surface area (Å²) in [4.78, 5) is 4.18. The molecule has 0 aliphatic carbocycles. The predicted molar refractivity (Wildman–Crippen MR) is 81.7 cm³/mol. The SMILES string of the molecule is Cc1cccc(C)c1C(O)c1cccc2ccncc12.